The van der Waals surface area contributed by atoms with Gasteiger partial charge in [-0.25, -0.2) is 24.4 Å². The van der Waals surface area contributed by atoms with Crippen LogP contribution in [0.15, 0.2) is 22.6 Å². The lowest BCUT2D eigenvalue weighted by Crippen LogP contribution is -2.23. The van der Waals surface area contributed by atoms with Crippen LogP contribution in [0.25, 0.3) is 0 Å². The van der Waals surface area contributed by atoms with Gasteiger partial charge in [0.2, 0.25) is 12.2 Å². The summed E-state index contributed by atoms with van der Waals surface area (Å²) in [4.78, 5) is 58.0. The summed E-state index contributed by atoms with van der Waals surface area (Å²) >= 11 is 0. The van der Waals surface area contributed by atoms with Gasteiger partial charge in [-0.3, -0.25) is 9.59 Å². The van der Waals surface area contributed by atoms with Crippen molar-refractivity contribution in [2.75, 3.05) is 26.4 Å². The first-order valence-electron chi connectivity index (χ1n) is 13.9. The predicted molar refractivity (Wildman–Crippen MR) is 149 cm³/mol. The number of aliphatic hydroxyl groups is 3. The van der Waals surface area contributed by atoms with E-state index in [1.807, 2.05) is 0 Å². The fourth-order valence-electron chi connectivity index (χ4n) is 4.40. The molecule has 41 heavy (non-hydrogen) atoms. The van der Waals surface area contributed by atoms with Crippen molar-refractivity contribution in [3.63, 3.8) is 0 Å². The molecule has 0 aromatic rings. The molecule has 0 radical (unpaired) electrons. The Balaban J connectivity index is 0. The second-order valence-electron chi connectivity index (χ2n) is 9.56. The number of aliphatic imine (C=N–C) groups is 2. The Labute approximate surface area is 241 Å². The van der Waals surface area contributed by atoms with Crippen LogP contribution in [0, 0.1) is 11.8 Å². The van der Waals surface area contributed by atoms with Gasteiger partial charge in [-0.1, -0.05) is 6.58 Å². The third-order valence-corrected chi connectivity index (χ3v) is 6.40. The molecule has 2 aliphatic rings. The van der Waals surface area contributed by atoms with Gasteiger partial charge in [0, 0.05) is 18.9 Å². The molecule has 2 saturated carbocycles. The molecule has 2 aliphatic carbocycles. The molecule has 234 valence electrons. The van der Waals surface area contributed by atoms with Crippen molar-refractivity contribution in [2.24, 2.45) is 21.8 Å². The van der Waals surface area contributed by atoms with Crippen molar-refractivity contribution in [2.45, 2.75) is 95.6 Å². The lowest BCUT2D eigenvalue weighted by atomic mass is 9.76. The molecular formula is C28H46N2O11. The molecule has 0 spiro atoms. The molecule has 0 heterocycles. The zero-order valence-electron chi connectivity index (χ0n) is 23.7. The summed E-state index contributed by atoms with van der Waals surface area (Å²) in [6, 6.07) is 0.456. The number of carboxylic acids is 2. The van der Waals surface area contributed by atoms with Gasteiger partial charge in [0.25, 0.3) is 0 Å². The topological polar surface area (TPSA) is 220 Å². The van der Waals surface area contributed by atoms with E-state index in [-0.39, 0.29) is 51.4 Å². The first kappa shape index (κ1) is 39.9. The van der Waals surface area contributed by atoms with Crippen molar-refractivity contribution in [3.05, 3.63) is 12.7 Å². The van der Waals surface area contributed by atoms with E-state index in [9.17, 15) is 24.0 Å². The normalized spacial score (nSPS) is 20.8. The van der Waals surface area contributed by atoms with Crippen LogP contribution in [0.1, 0.15) is 83.5 Å². The van der Waals surface area contributed by atoms with E-state index in [2.05, 4.69) is 21.3 Å². The van der Waals surface area contributed by atoms with Gasteiger partial charge < -0.3 is 30.3 Å². The van der Waals surface area contributed by atoms with Gasteiger partial charge in [0.15, 0.2) is 0 Å². The Morgan fingerprint density at radius 1 is 0.732 bits per heavy atom. The summed E-state index contributed by atoms with van der Waals surface area (Å²) in [5, 5.41) is 39.6. The lowest BCUT2D eigenvalue weighted by molar-refractivity contribution is -0.139. The van der Waals surface area contributed by atoms with Gasteiger partial charge in [-0.2, -0.15) is 0 Å². The number of carbonyl (C=O) groups excluding carboxylic acids is 3. The van der Waals surface area contributed by atoms with E-state index in [0.717, 1.165) is 43.6 Å². The van der Waals surface area contributed by atoms with Gasteiger partial charge in [-0.15, -0.1) is 0 Å². The highest BCUT2D eigenvalue weighted by molar-refractivity contribution is 5.81. The van der Waals surface area contributed by atoms with Crippen molar-refractivity contribution < 1.29 is 54.2 Å². The Hall–Kier alpha value is -3.21. The number of isocyanates is 2. The van der Waals surface area contributed by atoms with E-state index in [4.69, 9.17) is 25.5 Å². The second-order valence-corrected chi connectivity index (χ2v) is 9.56. The number of aliphatic carboxylic acids is 2. The van der Waals surface area contributed by atoms with Crippen LogP contribution in [-0.2, 0) is 28.7 Å². The van der Waals surface area contributed by atoms with Crippen LogP contribution in [0.5, 0.6) is 0 Å². The number of hydrogen-bond acceptors (Lipinski definition) is 11. The zero-order valence-corrected chi connectivity index (χ0v) is 23.7. The molecule has 2 rings (SSSR count). The molecule has 0 aliphatic heterocycles. The first-order chi connectivity index (χ1) is 19.7. The number of carbonyl (C=O) groups is 3. The third-order valence-electron chi connectivity index (χ3n) is 6.40. The quantitative estimate of drug-likeness (QED) is 0.0693. The van der Waals surface area contributed by atoms with Crippen molar-refractivity contribution in [3.8, 4) is 0 Å². The van der Waals surface area contributed by atoms with Crippen LogP contribution in [0.4, 0.5) is 0 Å². The number of nitrogens with zero attached hydrogens (tertiary/aromatic N) is 2. The first-order valence-corrected chi connectivity index (χ1v) is 13.9. The van der Waals surface area contributed by atoms with Crippen molar-refractivity contribution in [1.82, 2.24) is 0 Å². The fraction of sp³-hybridized carbons (Fsp3) is 0.750. The summed E-state index contributed by atoms with van der Waals surface area (Å²) in [7, 11) is 0. The van der Waals surface area contributed by atoms with Crippen molar-refractivity contribution >= 4 is 30.1 Å². The molecule has 0 bridgehead atoms. The van der Waals surface area contributed by atoms with Crippen LogP contribution in [0.2, 0.25) is 0 Å². The average Bonchev–Trinajstić information content (AvgIpc) is 2.97. The van der Waals surface area contributed by atoms with Crippen LogP contribution < -0.4 is 0 Å². The number of carboxylic acid groups (broad SMARTS) is 2. The van der Waals surface area contributed by atoms with E-state index >= 15 is 0 Å². The highest BCUT2D eigenvalue weighted by Gasteiger charge is 2.26. The number of hydrogen-bond donors (Lipinski definition) is 5. The van der Waals surface area contributed by atoms with Gasteiger partial charge >= 0.3 is 17.9 Å². The summed E-state index contributed by atoms with van der Waals surface area (Å²) in [5.74, 6) is -0.640. The van der Waals surface area contributed by atoms with Gasteiger partial charge in [-0.05, 0) is 82.5 Å². The number of unbranched alkanes of at least 4 members (excludes halogenated alkanes) is 1. The standard InChI is InChI=1S/C15H22N2O2.C6H10O4.C5H8O3.C2H6O2/c18-10-16-14-5-1-12(2-6-14)9-13-3-7-15(8-4-13)17-11-19;7-5(8)3-1-2-4-6(9)10;1-2-5(7)8-4-3-6;3-1-2-4/h12-15H,1-9H2;1-4H2,(H,7,8)(H,9,10);2,6H,1,3-4H2;3-4H,1-2H2. The van der Waals surface area contributed by atoms with Crippen LogP contribution >= 0.6 is 0 Å². The molecule has 0 saturated heterocycles. The van der Waals surface area contributed by atoms with E-state index in [1.165, 1.54) is 32.1 Å². The number of rotatable bonds is 13. The minimum absolute atomic E-state index is 0.0465. The van der Waals surface area contributed by atoms with E-state index in [1.54, 1.807) is 12.2 Å². The minimum Gasteiger partial charge on any atom is -0.481 e. The largest absolute Gasteiger partial charge is 0.481 e. The SMILES string of the molecule is C=CC(=O)OCCO.O=C(O)CCCCC(=O)O.O=C=NC1CCC(CC2CCC(N=C=O)CC2)CC1.OCCO. The zero-order chi connectivity index (χ0) is 31.3. The predicted octanol–water partition coefficient (Wildman–Crippen LogP) is 2.56. The lowest BCUT2D eigenvalue weighted by Gasteiger charge is -2.31. The summed E-state index contributed by atoms with van der Waals surface area (Å²) < 4.78 is 4.33. The molecule has 5 N–H and O–H groups in total. The van der Waals surface area contributed by atoms with Crippen LogP contribution in [-0.4, -0.2) is 94.1 Å². The Morgan fingerprint density at radius 3 is 1.39 bits per heavy atom. The maximum absolute atomic E-state index is 10.2. The minimum atomic E-state index is -0.870. The molecule has 2 fully saturated rings. The Morgan fingerprint density at radius 2 is 1.12 bits per heavy atom. The van der Waals surface area contributed by atoms with Gasteiger partial charge in [0.05, 0.1) is 31.9 Å². The highest BCUT2D eigenvalue weighted by Crippen LogP contribution is 2.36. The molecule has 0 amide bonds. The number of esters is 1. The monoisotopic (exact) mass is 586 g/mol. The molecule has 0 unspecified atom stereocenters. The van der Waals surface area contributed by atoms with Crippen molar-refractivity contribution in [1.29, 1.82) is 0 Å². The molecule has 13 nitrogen and oxygen atoms in total. The Bertz CT molecular complexity index is 754. The molecule has 13 heteroatoms. The summed E-state index contributed by atoms with van der Waals surface area (Å²) in [5.41, 5.74) is 0. The summed E-state index contributed by atoms with van der Waals surface area (Å²) in [6.45, 7) is 2.81. The molecule has 0 atom stereocenters. The van der Waals surface area contributed by atoms with E-state index in [0.29, 0.717) is 12.8 Å². The summed E-state index contributed by atoms with van der Waals surface area (Å²) in [6.07, 6.45) is 15.7. The highest BCUT2D eigenvalue weighted by atomic mass is 16.5. The maximum atomic E-state index is 10.2. The number of aliphatic hydroxyl groups excluding tert-OH is 3. The third kappa shape index (κ3) is 26.8. The fourth-order valence-corrected chi connectivity index (χ4v) is 4.40. The average molecular weight is 587 g/mol. The molecule has 0 aromatic heterocycles. The smallest absolute Gasteiger partial charge is 0.330 e. The number of ether oxygens (including phenoxy) is 1. The Kier molecular flexibility index (Phi) is 27.6. The van der Waals surface area contributed by atoms with Gasteiger partial charge in [0.1, 0.15) is 6.61 Å². The molecular weight excluding hydrogens is 540 g/mol. The second kappa shape index (κ2) is 28.3. The van der Waals surface area contributed by atoms with Crippen LogP contribution in [0.3, 0.4) is 0 Å². The van der Waals surface area contributed by atoms with E-state index < -0.39 is 17.9 Å². The maximum Gasteiger partial charge on any atom is 0.330 e. The molecule has 0 aromatic carbocycles.